The van der Waals surface area contributed by atoms with E-state index in [2.05, 4.69) is 14.7 Å². The van der Waals surface area contributed by atoms with Crippen LogP contribution in [0.25, 0.3) is 5.65 Å². The summed E-state index contributed by atoms with van der Waals surface area (Å²) in [5, 5.41) is 1.63. The average Bonchev–Trinajstić information content (AvgIpc) is 2.77. The van der Waals surface area contributed by atoms with Gasteiger partial charge in [0.25, 0.3) is 10.0 Å². The second-order valence-electron chi connectivity index (χ2n) is 5.02. The molecule has 3 rings (SSSR count). The smallest absolute Gasteiger partial charge is 0.272 e. The van der Waals surface area contributed by atoms with Gasteiger partial charge in [0.05, 0.1) is 0 Å². The molecule has 0 amide bonds. The van der Waals surface area contributed by atoms with Crippen LogP contribution in [-0.2, 0) is 10.0 Å². The number of rotatable bonds is 3. The molecule has 1 aliphatic rings. The highest BCUT2D eigenvalue weighted by molar-refractivity contribution is 7.89. The van der Waals surface area contributed by atoms with Crippen LogP contribution in [0.1, 0.15) is 0 Å². The summed E-state index contributed by atoms with van der Waals surface area (Å²) < 4.78 is 26.6. The summed E-state index contributed by atoms with van der Waals surface area (Å²) in [4.78, 5) is 8.80. The maximum atomic E-state index is 12.6. The van der Waals surface area contributed by atoms with Crippen LogP contribution >= 0.6 is 11.6 Å². The number of imidazole rings is 1. The third kappa shape index (κ3) is 2.90. The summed E-state index contributed by atoms with van der Waals surface area (Å²) in [5.74, 6) is 0. The lowest BCUT2D eigenvalue weighted by Crippen LogP contribution is -2.52. The largest absolute Gasteiger partial charge is 0.304 e. The van der Waals surface area contributed by atoms with Gasteiger partial charge in [0.1, 0.15) is 5.65 Å². The van der Waals surface area contributed by atoms with E-state index in [9.17, 15) is 8.42 Å². The normalized spacial score (nSPS) is 18.4. The van der Waals surface area contributed by atoms with Crippen LogP contribution in [0.4, 0.5) is 0 Å². The minimum absolute atomic E-state index is 0.0252. The molecule has 0 radical (unpaired) electrons. The van der Waals surface area contributed by atoms with Gasteiger partial charge in [0.15, 0.2) is 10.2 Å². The van der Waals surface area contributed by atoms with E-state index in [0.29, 0.717) is 18.7 Å². The first-order chi connectivity index (χ1) is 9.97. The maximum Gasteiger partial charge on any atom is 0.272 e. The molecule has 1 fully saturated rings. The Morgan fingerprint density at radius 3 is 2.67 bits per heavy atom. The van der Waals surface area contributed by atoms with Crippen molar-refractivity contribution in [2.24, 2.45) is 0 Å². The monoisotopic (exact) mass is 329 g/mol. The predicted octanol–water partition coefficient (Wildman–Crippen LogP) is 0.428. The van der Waals surface area contributed by atoms with Gasteiger partial charge < -0.3 is 4.90 Å². The summed E-state index contributed by atoms with van der Waals surface area (Å²) in [6, 6.07) is 5.23. The van der Waals surface area contributed by atoms with E-state index in [1.807, 2.05) is 7.05 Å². The molecule has 21 heavy (non-hydrogen) atoms. The summed E-state index contributed by atoms with van der Waals surface area (Å²) in [6.07, 6.45) is 1.63. The van der Waals surface area contributed by atoms with Crippen molar-refractivity contribution < 1.29 is 8.42 Å². The number of hydrogen-bond donors (Lipinski definition) is 1. The number of piperazine rings is 1. The zero-order valence-corrected chi connectivity index (χ0v) is 13.1. The lowest BCUT2D eigenvalue weighted by Gasteiger charge is -2.31. The van der Waals surface area contributed by atoms with Gasteiger partial charge in [-0.15, -0.1) is 4.83 Å². The number of hydrazine groups is 1. The molecule has 7 nitrogen and oxygen atoms in total. The van der Waals surface area contributed by atoms with Crippen LogP contribution in [0.15, 0.2) is 29.4 Å². The Morgan fingerprint density at radius 2 is 1.95 bits per heavy atom. The summed E-state index contributed by atoms with van der Waals surface area (Å²) >= 11 is 6.02. The summed E-state index contributed by atoms with van der Waals surface area (Å²) in [5.41, 5.74) is 0.501. The van der Waals surface area contributed by atoms with E-state index in [4.69, 9.17) is 11.6 Å². The Hall–Kier alpha value is -1.19. The third-order valence-electron chi connectivity index (χ3n) is 3.45. The number of nitrogens with one attached hydrogen (secondary N) is 1. The van der Waals surface area contributed by atoms with Crippen LogP contribution in [0.5, 0.6) is 0 Å². The number of sulfonamides is 1. The highest BCUT2D eigenvalue weighted by Gasteiger charge is 2.27. The van der Waals surface area contributed by atoms with Crippen molar-refractivity contribution in [1.82, 2.24) is 24.1 Å². The first-order valence-electron chi connectivity index (χ1n) is 6.56. The van der Waals surface area contributed by atoms with Gasteiger partial charge in [-0.3, -0.25) is 4.40 Å². The topological polar surface area (TPSA) is 69.9 Å². The van der Waals surface area contributed by atoms with Gasteiger partial charge >= 0.3 is 0 Å². The van der Waals surface area contributed by atoms with Crippen molar-refractivity contribution in [3.63, 3.8) is 0 Å². The van der Waals surface area contributed by atoms with Crippen molar-refractivity contribution in [1.29, 1.82) is 0 Å². The first kappa shape index (κ1) is 14.7. The van der Waals surface area contributed by atoms with E-state index in [1.165, 1.54) is 4.40 Å². The fourth-order valence-electron chi connectivity index (χ4n) is 2.30. The number of nitrogens with zero attached hydrogens (tertiary/aromatic N) is 4. The van der Waals surface area contributed by atoms with Crippen molar-refractivity contribution in [2.45, 2.75) is 5.03 Å². The van der Waals surface area contributed by atoms with Gasteiger partial charge in [-0.25, -0.2) is 18.4 Å². The Kier molecular flexibility index (Phi) is 3.89. The zero-order valence-electron chi connectivity index (χ0n) is 11.5. The van der Waals surface area contributed by atoms with E-state index < -0.39 is 10.0 Å². The molecule has 2 aromatic rings. The van der Waals surface area contributed by atoms with Crippen molar-refractivity contribution in [3.05, 3.63) is 29.5 Å². The molecule has 1 saturated heterocycles. The van der Waals surface area contributed by atoms with Gasteiger partial charge in [0, 0.05) is 32.4 Å². The average molecular weight is 330 g/mol. The van der Waals surface area contributed by atoms with Crippen LogP contribution in [-0.4, -0.2) is 60.9 Å². The molecule has 0 saturated carbocycles. The zero-order chi connectivity index (χ0) is 15.0. The molecule has 2 aromatic heterocycles. The summed E-state index contributed by atoms with van der Waals surface area (Å²) in [7, 11) is -1.76. The Bertz CT molecular complexity index is 752. The quantitative estimate of drug-likeness (QED) is 0.884. The van der Waals surface area contributed by atoms with Gasteiger partial charge in [-0.2, -0.15) is 0 Å². The molecule has 0 spiro atoms. The molecular weight excluding hydrogens is 314 g/mol. The first-order valence-corrected chi connectivity index (χ1v) is 8.42. The van der Waals surface area contributed by atoms with E-state index in [0.717, 1.165) is 13.1 Å². The molecule has 1 aliphatic heterocycles. The fraction of sp³-hybridized carbons (Fsp3) is 0.417. The fourth-order valence-corrected chi connectivity index (χ4v) is 4.07. The highest BCUT2D eigenvalue weighted by atomic mass is 35.5. The maximum absolute atomic E-state index is 12.6. The van der Waals surface area contributed by atoms with Gasteiger partial charge in [-0.1, -0.05) is 17.7 Å². The number of hydrogen-bond acceptors (Lipinski definition) is 5. The standard InChI is InChI=1S/C12H16ClN5O2S/c1-16-6-8-17(9-7-16)15-21(19,20)12-11(13)14-10-4-2-3-5-18(10)12/h2-5,15H,6-9H2,1H3. The lowest BCUT2D eigenvalue weighted by atomic mass is 10.4. The molecular formula is C12H16ClN5O2S. The van der Waals surface area contributed by atoms with Crippen molar-refractivity contribution in [2.75, 3.05) is 33.2 Å². The molecule has 1 N–H and O–H groups in total. The molecule has 3 heterocycles. The summed E-state index contributed by atoms with van der Waals surface area (Å²) in [6.45, 7) is 2.88. The SMILES string of the molecule is CN1CCN(NS(=O)(=O)c2c(Cl)nc3ccccn23)CC1. The second kappa shape index (κ2) is 5.54. The minimum Gasteiger partial charge on any atom is -0.304 e. The predicted molar refractivity (Wildman–Crippen MR) is 79.6 cm³/mol. The van der Waals surface area contributed by atoms with Crippen LogP contribution < -0.4 is 4.83 Å². The van der Waals surface area contributed by atoms with E-state index >= 15 is 0 Å². The number of aromatic nitrogens is 2. The lowest BCUT2D eigenvalue weighted by molar-refractivity contribution is 0.134. The van der Waals surface area contributed by atoms with Gasteiger partial charge in [-0.05, 0) is 19.2 Å². The van der Waals surface area contributed by atoms with Crippen molar-refractivity contribution in [3.8, 4) is 0 Å². The van der Waals surface area contributed by atoms with E-state index in [-0.39, 0.29) is 10.2 Å². The molecule has 114 valence electrons. The molecule has 0 unspecified atom stereocenters. The second-order valence-corrected chi connectivity index (χ2v) is 6.96. The van der Waals surface area contributed by atoms with Crippen LogP contribution in [0, 0.1) is 0 Å². The third-order valence-corrected chi connectivity index (χ3v) is 5.23. The Balaban J connectivity index is 1.92. The molecule has 9 heteroatoms. The Labute approximate surface area is 128 Å². The Morgan fingerprint density at radius 1 is 1.24 bits per heavy atom. The highest BCUT2D eigenvalue weighted by Crippen LogP contribution is 2.22. The molecule has 0 aliphatic carbocycles. The number of halogens is 1. The van der Waals surface area contributed by atoms with Crippen molar-refractivity contribution >= 4 is 27.3 Å². The molecule has 0 bridgehead atoms. The number of fused-ring (bicyclic) bond motifs is 1. The number of pyridine rings is 1. The molecule has 0 aromatic carbocycles. The van der Waals surface area contributed by atoms with Gasteiger partial charge in [0.2, 0.25) is 0 Å². The number of likely N-dealkylation sites (N-methyl/N-ethyl adjacent to an activating group) is 1. The van der Waals surface area contributed by atoms with Crippen LogP contribution in [0.2, 0.25) is 5.15 Å². The minimum atomic E-state index is -3.77. The van der Waals surface area contributed by atoms with E-state index in [1.54, 1.807) is 29.4 Å². The van der Waals surface area contributed by atoms with Crippen LogP contribution in [0.3, 0.4) is 0 Å². The molecule has 0 atom stereocenters.